The molecule has 2 aromatic carbocycles. The van der Waals surface area contributed by atoms with Crippen molar-refractivity contribution in [2.24, 2.45) is 0 Å². The summed E-state index contributed by atoms with van der Waals surface area (Å²) in [4.78, 5) is 26.8. The van der Waals surface area contributed by atoms with Crippen molar-refractivity contribution in [2.75, 3.05) is 6.67 Å². The fourth-order valence-electron chi connectivity index (χ4n) is 4.81. The standard InChI is InChI=1S/C26H23F4N3O4S/c1-14(26(28,29)30)31-13-33(32-10-9-20(35)24(37-15(2)34)23(32)25(31)36)22-18-8-7-17(27)11-16(18)12-38-21-6-4-3-5-19(21)22/h3-11,14,20,22,35H,12-13H2,1-2H3/t14-,20?,22+/m1/s1. The third kappa shape index (κ3) is 4.56. The first-order chi connectivity index (χ1) is 18.0. The lowest BCUT2D eigenvalue weighted by Gasteiger charge is -2.50. The highest BCUT2D eigenvalue weighted by Gasteiger charge is 2.50. The Morgan fingerprint density at radius 2 is 1.92 bits per heavy atom. The fraction of sp³-hybridized carbons (Fsp3) is 0.308. The van der Waals surface area contributed by atoms with E-state index in [1.54, 1.807) is 12.1 Å². The average Bonchev–Trinajstić information content (AvgIpc) is 3.01. The molecule has 7 nitrogen and oxygen atoms in total. The smallest absolute Gasteiger partial charge is 0.408 e. The van der Waals surface area contributed by atoms with Crippen molar-refractivity contribution in [1.29, 1.82) is 0 Å². The summed E-state index contributed by atoms with van der Waals surface area (Å²) < 4.78 is 61.2. The van der Waals surface area contributed by atoms with Crippen LogP contribution in [0, 0.1) is 5.82 Å². The maximum absolute atomic E-state index is 14.3. The molecule has 3 atom stereocenters. The minimum atomic E-state index is -4.76. The van der Waals surface area contributed by atoms with Gasteiger partial charge in [-0.25, -0.2) is 4.39 Å². The molecule has 200 valence electrons. The lowest BCUT2D eigenvalue weighted by molar-refractivity contribution is -0.204. The lowest BCUT2D eigenvalue weighted by atomic mass is 9.94. The van der Waals surface area contributed by atoms with E-state index in [1.165, 1.54) is 46.2 Å². The normalized spacial score (nSPS) is 22.4. The van der Waals surface area contributed by atoms with Crippen LogP contribution in [-0.2, 0) is 20.1 Å². The predicted octanol–water partition coefficient (Wildman–Crippen LogP) is 4.45. The number of thioether (sulfide) groups is 1. The number of rotatable bonds is 3. The van der Waals surface area contributed by atoms with Gasteiger partial charge in [-0.05, 0) is 47.9 Å². The van der Waals surface area contributed by atoms with Crippen molar-refractivity contribution in [1.82, 2.24) is 14.9 Å². The van der Waals surface area contributed by atoms with Crippen LogP contribution in [0.1, 0.15) is 36.6 Å². The Morgan fingerprint density at radius 3 is 2.63 bits per heavy atom. The molecule has 3 heterocycles. The van der Waals surface area contributed by atoms with Crippen LogP contribution in [0.15, 0.2) is 71.1 Å². The van der Waals surface area contributed by atoms with E-state index in [0.29, 0.717) is 21.8 Å². The Bertz CT molecular complexity index is 1360. The number of nitrogens with zero attached hydrogens (tertiary/aromatic N) is 3. The van der Waals surface area contributed by atoms with Gasteiger partial charge in [0.05, 0.1) is 12.7 Å². The minimum absolute atomic E-state index is 0.407. The van der Waals surface area contributed by atoms with Crippen LogP contribution >= 0.6 is 11.8 Å². The lowest BCUT2D eigenvalue weighted by Crippen LogP contribution is -2.62. The molecule has 38 heavy (non-hydrogen) atoms. The number of amides is 1. The van der Waals surface area contributed by atoms with Gasteiger partial charge >= 0.3 is 12.1 Å². The molecule has 5 rings (SSSR count). The quantitative estimate of drug-likeness (QED) is 0.448. The zero-order chi connectivity index (χ0) is 27.4. The molecule has 2 aromatic rings. The van der Waals surface area contributed by atoms with Crippen molar-refractivity contribution < 1.29 is 37.0 Å². The Hall–Kier alpha value is -3.35. The second-order valence-corrected chi connectivity index (χ2v) is 10.1. The number of benzene rings is 2. The maximum atomic E-state index is 14.3. The molecule has 0 radical (unpaired) electrons. The summed E-state index contributed by atoms with van der Waals surface area (Å²) in [6, 6.07) is 8.65. The van der Waals surface area contributed by atoms with Crippen LogP contribution in [0.25, 0.3) is 0 Å². The molecule has 12 heteroatoms. The summed E-state index contributed by atoms with van der Waals surface area (Å²) in [5.41, 5.74) is 1.63. The molecule has 0 bridgehead atoms. The van der Waals surface area contributed by atoms with Crippen LogP contribution in [-0.4, -0.2) is 56.9 Å². The highest BCUT2D eigenvalue weighted by Crippen LogP contribution is 2.46. The third-order valence-corrected chi connectivity index (χ3v) is 7.81. The molecular weight excluding hydrogens is 526 g/mol. The average molecular weight is 550 g/mol. The second-order valence-electron chi connectivity index (χ2n) is 9.08. The number of aliphatic hydroxyl groups is 1. The number of ether oxygens (including phenoxy) is 1. The summed E-state index contributed by atoms with van der Waals surface area (Å²) in [6.45, 7) is 1.44. The minimum Gasteiger partial charge on any atom is -0.426 e. The van der Waals surface area contributed by atoms with Gasteiger partial charge in [0.2, 0.25) is 0 Å². The van der Waals surface area contributed by atoms with Gasteiger partial charge in [0.25, 0.3) is 5.91 Å². The summed E-state index contributed by atoms with van der Waals surface area (Å²) in [7, 11) is 0. The molecule has 1 unspecified atom stereocenters. The van der Waals surface area contributed by atoms with Crippen LogP contribution < -0.4 is 0 Å². The number of hydrogen-bond acceptors (Lipinski definition) is 7. The topological polar surface area (TPSA) is 73.3 Å². The molecule has 0 spiro atoms. The molecule has 1 saturated heterocycles. The SMILES string of the molecule is CC(=O)OC1=C2C(=O)N([C@H](C)C(F)(F)F)CN([C@H]3c4ccc(F)cc4CSc4ccccc43)N2C=CC1O. The largest absolute Gasteiger partial charge is 0.426 e. The van der Waals surface area contributed by atoms with Gasteiger partial charge in [-0.2, -0.15) is 18.2 Å². The molecule has 1 amide bonds. The van der Waals surface area contributed by atoms with Gasteiger partial charge in [-0.3, -0.25) is 14.6 Å². The van der Waals surface area contributed by atoms with Gasteiger partial charge in [-0.1, -0.05) is 24.3 Å². The highest BCUT2D eigenvalue weighted by molar-refractivity contribution is 7.98. The second kappa shape index (κ2) is 9.75. The number of fused-ring (bicyclic) bond motifs is 3. The van der Waals surface area contributed by atoms with Gasteiger partial charge in [0, 0.05) is 23.8 Å². The number of halogens is 4. The van der Waals surface area contributed by atoms with Crippen LogP contribution in [0.3, 0.4) is 0 Å². The van der Waals surface area contributed by atoms with E-state index in [2.05, 4.69) is 0 Å². The highest BCUT2D eigenvalue weighted by atomic mass is 32.2. The number of aliphatic hydroxyl groups excluding tert-OH is 1. The summed E-state index contributed by atoms with van der Waals surface area (Å²) >= 11 is 1.47. The van der Waals surface area contributed by atoms with Crippen molar-refractivity contribution in [3.05, 3.63) is 88.7 Å². The Morgan fingerprint density at radius 1 is 1.18 bits per heavy atom. The van der Waals surface area contributed by atoms with E-state index in [9.17, 15) is 32.3 Å². The van der Waals surface area contributed by atoms with Crippen molar-refractivity contribution in [3.8, 4) is 0 Å². The maximum Gasteiger partial charge on any atom is 0.408 e. The van der Waals surface area contributed by atoms with Crippen LogP contribution in [0.2, 0.25) is 0 Å². The number of esters is 1. The first-order valence-electron chi connectivity index (χ1n) is 11.7. The van der Waals surface area contributed by atoms with E-state index >= 15 is 0 Å². The van der Waals surface area contributed by atoms with Crippen LogP contribution in [0.4, 0.5) is 17.6 Å². The molecule has 0 aliphatic carbocycles. The number of alkyl halides is 3. The van der Waals surface area contributed by atoms with Gasteiger partial charge in [0.15, 0.2) is 11.5 Å². The number of hydrazine groups is 1. The predicted molar refractivity (Wildman–Crippen MR) is 129 cm³/mol. The summed E-state index contributed by atoms with van der Waals surface area (Å²) in [5.74, 6) is -2.40. The molecule has 1 N–H and O–H groups in total. The first-order valence-corrected chi connectivity index (χ1v) is 12.7. The van der Waals surface area contributed by atoms with E-state index in [0.717, 1.165) is 24.3 Å². The molecule has 3 aliphatic heterocycles. The Labute approximate surface area is 219 Å². The van der Waals surface area contributed by atoms with E-state index in [1.807, 2.05) is 18.2 Å². The number of carbonyl (C=O) groups excluding carboxylic acids is 2. The number of carbonyl (C=O) groups is 2. The fourth-order valence-corrected chi connectivity index (χ4v) is 5.89. The van der Waals surface area contributed by atoms with Crippen molar-refractivity contribution in [3.63, 3.8) is 0 Å². The molecular formula is C26H23F4N3O4S. The molecule has 3 aliphatic rings. The first kappa shape index (κ1) is 26.3. The van der Waals surface area contributed by atoms with E-state index in [4.69, 9.17) is 4.74 Å². The molecule has 0 aromatic heterocycles. The molecule has 1 fully saturated rings. The third-order valence-electron chi connectivity index (χ3n) is 6.67. The Kier molecular flexibility index (Phi) is 6.74. The van der Waals surface area contributed by atoms with Crippen molar-refractivity contribution in [2.45, 2.75) is 48.9 Å². The van der Waals surface area contributed by atoms with E-state index < -0.39 is 60.2 Å². The molecule has 0 saturated carbocycles. The summed E-state index contributed by atoms with van der Waals surface area (Å²) in [6.07, 6.45) is -3.65. The monoisotopic (exact) mass is 549 g/mol. The van der Waals surface area contributed by atoms with Crippen molar-refractivity contribution >= 4 is 23.6 Å². The zero-order valence-corrected chi connectivity index (χ0v) is 21.1. The summed E-state index contributed by atoms with van der Waals surface area (Å²) in [5, 5.41) is 13.4. The zero-order valence-electron chi connectivity index (χ0n) is 20.3. The Balaban J connectivity index is 1.74. The number of hydrogen-bond donors (Lipinski definition) is 1. The van der Waals surface area contributed by atoms with Gasteiger partial charge in [-0.15, -0.1) is 11.8 Å². The van der Waals surface area contributed by atoms with Gasteiger partial charge < -0.3 is 14.7 Å². The van der Waals surface area contributed by atoms with Crippen LogP contribution in [0.5, 0.6) is 0 Å². The van der Waals surface area contributed by atoms with Gasteiger partial charge in [0.1, 0.15) is 18.0 Å². The van der Waals surface area contributed by atoms with E-state index in [-0.39, 0.29) is 0 Å².